The Labute approximate surface area is 144 Å². The molecule has 1 fully saturated rings. The average Bonchev–Trinajstić information content (AvgIpc) is 2.89. The number of carbonyl (C=O) groups excluding carboxylic acids is 1. The molecule has 1 heterocycles. The third kappa shape index (κ3) is 3.92. The molecule has 1 amide bonds. The van der Waals surface area contributed by atoms with E-state index in [1.54, 1.807) is 0 Å². The number of hydrogen-bond donors (Lipinski definition) is 2. The summed E-state index contributed by atoms with van der Waals surface area (Å²) in [6.07, 6.45) is 1.51. The molecule has 126 valence electrons. The van der Waals surface area contributed by atoms with E-state index in [0.29, 0.717) is 11.8 Å². The number of aromatic amines is 1. The predicted octanol–water partition coefficient (Wildman–Crippen LogP) is 2.45. The van der Waals surface area contributed by atoms with Crippen LogP contribution < -0.4 is 10.8 Å². The maximum absolute atomic E-state index is 11.9. The summed E-state index contributed by atoms with van der Waals surface area (Å²) in [5.74, 6) is 1.90. The molecule has 1 aliphatic carbocycles. The third-order valence-electron chi connectivity index (χ3n) is 4.52. The van der Waals surface area contributed by atoms with Crippen molar-refractivity contribution in [3.63, 3.8) is 0 Å². The van der Waals surface area contributed by atoms with Gasteiger partial charge in [-0.3, -0.25) is 0 Å². The number of benzene rings is 1. The minimum absolute atomic E-state index is 0.194. The highest BCUT2D eigenvalue weighted by atomic mass is 16.6. The third-order valence-corrected chi connectivity index (χ3v) is 4.52. The van der Waals surface area contributed by atoms with Gasteiger partial charge in [-0.05, 0) is 51.2 Å². The first-order chi connectivity index (χ1) is 11.2. The van der Waals surface area contributed by atoms with Crippen LogP contribution in [0, 0.1) is 11.8 Å². The van der Waals surface area contributed by atoms with Crippen molar-refractivity contribution in [3.05, 3.63) is 24.0 Å². The number of amides is 1. The zero-order valence-electron chi connectivity index (χ0n) is 14.7. The molecule has 0 spiro atoms. The van der Waals surface area contributed by atoms with Crippen molar-refractivity contribution in [3.8, 4) is 0 Å². The Bertz CT molecular complexity index is 750. The zero-order valence-corrected chi connectivity index (χ0v) is 14.7. The second-order valence-corrected chi connectivity index (χ2v) is 7.69. The van der Waals surface area contributed by atoms with Crippen LogP contribution in [0.2, 0.25) is 0 Å². The van der Waals surface area contributed by atoms with Crippen LogP contribution in [-0.4, -0.2) is 35.6 Å². The first-order valence-corrected chi connectivity index (χ1v) is 8.46. The normalized spacial score (nSPS) is 23.2. The lowest BCUT2D eigenvalue weighted by atomic mass is 9.96. The van der Waals surface area contributed by atoms with Gasteiger partial charge in [0, 0.05) is 12.5 Å². The first-order valence-electron chi connectivity index (χ1n) is 8.46. The molecule has 2 aromatic rings. The second kappa shape index (κ2) is 6.15. The molecule has 1 unspecified atom stereocenters. The highest BCUT2D eigenvalue weighted by Crippen LogP contribution is 2.42. The molecular weight excluding hydrogens is 301 g/mol. The van der Waals surface area contributed by atoms with Crippen LogP contribution in [0.25, 0.3) is 11.0 Å². The van der Waals surface area contributed by atoms with Gasteiger partial charge in [0.1, 0.15) is 19.3 Å². The van der Waals surface area contributed by atoms with Crippen LogP contribution in [0.4, 0.5) is 4.79 Å². The van der Waals surface area contributed by atoms with Crippen LogP contribution in [0.1, 0.15) is 39.9 Å². The summed E-state index contributed by atoms with van der Waals surface area (Å²) in [6.45, 7) is 7.77. The Morgan fingerprint density at radius 3 is 2.88 bits per heavy atom. The number of H-pyrrole nitrogens is 1. The Morgan fingerprint density at radius 1 is 1.42 bits per heavy atom. The Balaban J connectivity index is 1.52. The number of aryl methyl sites for hydroxylation is 1. The number of nitrogens with zero attached hydrogens (tertiary/aromatic N) is 1. The van der Waals surface area contributed by atoms with E-state index in [1.807, 2.05) is 39.0 Å². The lowest BCUT2D eigenvalue weighted by Crippen LogP contribution is -2.34. The largest absolute Gasteiger partial charge is 0.444 e. The minimum atomic E-state index is -0.464. The van der Waals surface area contributed by atoms with Gasteiger partial charge in [-0.25, -0.2) is 9.78 Å². The molecule has 1 aliphatic rings. The van der Waals surface area contributed by atoms with E-state index in [2.05, 4.69) is 22.2 Å². The molecule has 24 heavy (non-hydrogen) atoms. The van der Waals surface area contributed by atoms with E-state index >= 15 is 0 Å². The molecule has 0 aliphatic heterocycles. The molecule has 0 saturated heterocycles. The van der Waals surface area contributed by atoms with Crippen molar-refractivity contribution in [2.24, 2.45) is 11.8 Å². The smallest absolute Gasteiger partial charge is 0.407 e. The summed E-state index contributed by atoms with van der Waals surface area (Å²) < 4.78 is 5.32. The number of rotatable bonds is 4. The Kier molecular flexibility index (Phi) is 4.32. The SMILES string of the molecule is [B]c1ccc2nc(CC[C@H]3C(C)[C@H]3NC(=O)OC(C)(C)C)[nH]c2c1. The summed E-state index contributed by atoms with van der Waals surface area (Å²) in [5.41, 5.74) is 2.17. The van der Waals surface area contributed by atoms with E-state index in [-0.39, 0.29) is 12.1 Å². The van der Waals surface area contributed by atoms with Crippen LogP contribution in [-0.2, 0) is 11.2 Å². The number of fused-ring (bicyclic) bond motifs is 1. The fraction of sp³-hybridized carbons (Fsp3) is 0.556. The van der Waals surface area contributed by atoms with E-state index < -0.39 is 5.60 Å². The van der Waals surface area contributed by atoms with Gasteiger partial charge in [0.05, 0.1) is 11.0 Å². The fourth-order valence-electron chi connectivity index (χ4n) is 3.17. The minimum Gasteiger partial charge on any atom is -0.444 e. The molecule has 0 bridgehead atoms. The summed E-state index contributed by atoms with van der Waals surface area (Å²) >= 11 is 0. The summed E-state index contributed by atoms with van der Waals surface area (Å²) in [7, 11) is 5.79. The van der Waals surface area contributed by atoms with Gasteiger partial charge < -0.3 is 15.0 Å². The van der Waals surface area contributed by atoms with Gasteiger partial charge in [-0.1, -0.05) is 18.5 Å². The molecular formula is C18H24BN3O2. The average molecular weight is 325 g/mol. The molecule has 1 saturated carbocycles. The van der Waals surface area contributed by atoms with Crippen molar-refractivity contribution < 1.29 is 9.53 Å². The van der Waals surface area contributed by atoms with E-state index in [0.717, 1.165) is 35.2 Å². The maximum atomic E-state index is 11.9. The number of carbonyl (C=O) groups is 1. The standard InChI is InChI=1S/C18H24BN3O2/c1-10-12(16(10)22-17(23)24-18(2,3)4)6-8-15-20-13-7-5-11(19)9-14(13)21-15/h5,7,9-10,12,16H,6,8H2,1-4H3,(H,20,21)(H,22,23)/t10?,12-,16+/m0/s1. The summed E-state index contributed by atoms with van der Waals surface area (Å²) in [6, 6.07) is 5.88. The molecule has 1 aromatic heterocycles. The van der Waals surface area contributed by atoms with Crippen LogP contribution >= 0.6 is 0 Å². The van der Waals surface area contributed by atoms with Gasteiger partial charge in [0.25, 0.3) is 0 Å². The number of aromatic nitrogens is 2. The number of ether oxygens (including phenoxy) is 1. The van der Waals surface area contributed by atoms with Crippen molar-refractivity contribution >= 4 is 30.4 Å². The fourth-order valence-corrected chi connectivity index (χ4v) is 3.17. The molecule has 1 aromatic carbocycles. The van der Waals surface area contributed by atoms with Gasteiger partial charge in [-0.15, -0.1) is 0 Å². The van der Waals surface area contributed by atoms with Crippen molar-refractivity contribution in [2.75, 3.05) is 0 Å². The second-order valence-electron chi connectivity index (χ2n) is 7.69. The predicted molar refractivity (Wildman–Crippen MR) is 95.6 cm³/mol. The highest BCUT2D eigenvalue weighted by Gasteiger charge is 2.47. The molecule has 5 nitrogen and oxygen atoms in total. The van der Waals surface area contributed by atoms with Gasteiger partial charge in [-0.2, -0.15) is 0 Å². The summed E-state index contributed by atoms with van der Waals surface area (Å²) in [4.78, 5) is 19.8. The molecule has 2 radical (unpaired) electrons. The van der Waals surface area contributed by atoms with Crippen molar-refractivity contribution in [2.45, 2.75) is 52.2 Å². The van der Waals surface area contributed by atoms with Crippen molar-refractivity contribution in [1.82, 2.24) is 15.3 Å². The van der Waals surface area contributed by atoms with E-state index in [4.69, 9.17) is 12.6 Å². The maximum Gasteiger partial charge on any atom is 0.407 e. The van der Waals surface area contributed by atoms with Crippen LogP contribution in [0.5, 0.6) is 0 Å². The Hall–Kier alpha value is -1.98. The molecule has 2 N–H and O–H groups in total. The number of hydrogen-bond acceptors (Lipinski definition) is 3. The number of imidazole rings is 1. The number of alkyl carbamates (subject to hydrolysis) is 1. The van der Waals surface area contributed by atoms with Gasteiger partial charge >= 0.3 is 6.09 Å². The van der Waals surface area contributed by atoms with Crippen molar-refractivity contribution in [1.29, 1.82) is 0 Å². The Morgan fingerprint density at radius 2 is 2.17 bits per heavy atom. The first kappa shape index (κ1) is 16.9. The monoisotopic (exact) mass is 325 g/mol. The van der Waals surface area contributed by atoms with E-state index in [1.165, 1.54) is 0 Å². The highest BCUT2D eigenvalue weighted by molar-refractivity contribution is 6.33. The quantitative estimate of drug-likeness (QED) is 0.849. The lowest BCUT2D eigenvalue weighted by Gasteiger charge is -2.19. The van der Waals surface area contributed by atoms with E-state index in [9.17, 15) is 4.79 Å². The molecule has 6 heteroatoms. The molecule has 3 atom stereocenters. The number of nitrogens with one attached hydrogen (secondary N) is 2. The lowest BCUT2D eigenvalue weighted by molar-refractivity contribution is 0.0519. The van der Waals surface area contributed by atoms with Crippen LogP contribution in [0.15, 0.2) is 18.2 Å². The zero-order chi connectivity index (χ0) is 17.5. The molecule has 3 rings (SSSR count). The van der Waals surface area contributed by atoms with Gasteiger partial charge in [0.15, 0.2) is 0 Å². The van der Waals surface area contributed by atoms with Gasteiger partial charge in [0.2, 0.25) is 0 Å². The topological polar surface area (TPSA) is 67.0 Å². The van der Waals surface area contributed by atoms with Crippen LogP contribution in [0.3, 0.4) is 0 Å². The summed E-state index contributed by atoms with van der Waals surface area (Å²) in [5, 5.41) is 2.97.